The number of nitrogens with zero attached hydrogens (tertiary/aromatic N) is 1. The average Bonchev–Trinajstić information content (AvgIpc) is 2.47. The van der Waals surface area contributed by atoms with Gasteiger partial charge in [0.15, 0.2) is 0 Å². The van der Waals surface area contributed by atoms with E-state index in [4.69, 9.17) is 11.6 Å². The molecule has 0 aliphatic carbocycles. The van der Waals surface area contributed by atoms with Gasteiger partial charge in [0.2, 0.25) is 10.0 Å². The maximum absolute atomic E-state index is 12.6. The first-order valence-corrected chi connectivity index (χ1v) is 9.36. The maximum Gasteiger partial charge on any atom is 0.243 e. The largest absolute Gasteiger partial charge is 0.392 e. The van der Waals surface area contributed by atoms with E-state index in [1.54, 1.807) is 0 Å². The molecule has 1 N–H and O–H groups in total. The Labute approximate surface area is 129 Å². The SMILES string of the molecule is CCC1CN(S(=O)(=O)c2ccc(Cl)c(CO)c2)CCS1. The topological polar surface area (TPSA) is 57.6 Å². The van der Waals surface area contributed by atoms with Crippen molar-refractivity contribution >= 4 is 33.4 Å². The van der Waals surface area contributed by atoms with Gasteiger partial charge in [-0.25, -0.2) is 8.42 Å². The van der Waals surface area contributed by atoms with Crippen LogP contribution >= 0.6 is 23.4 Å². The molecule has 7 heteroatoms. The standard InChI is InChI=1S/C13H18ClNO3S2/c1-2-11-8-15(5-6-19-11)20(17,18)12-3-4-13(14)10(7-12)9-16/h3-4,7,11,16H,2,5-6,8-9H2,1H3. The molecule has 1 unspecified atom stereocenters. The summed E-state index contributed by atoms with van der Waals surface area (Å²) in [6, 6.07) is 4.48. The number of aliphatic hydroxyl groups excluding tert-OH is 1. The molecule has 4 nitrogen and oxygen atoms in total. The van der Waals surface area contributed by atoms with E-state index in [1.165, 1.54) is 22.5 Å². The molecule has 1 aromatic carbocycles. The summed E-state index contributed by atoms with van der Waals surface area (Å²) in [5.74, 6) is 0.818. The predicted molar refractivity (Wildman–Crippen MR) is 82.7 cm³/mol. The molecule has 2 rings (SSSR count). The molecule has 0 aromatic heterocycles. The summed E-state index contributed by atoms with van der Waals surface area (Å²) in [6.07, 6.45) is 0.958. The highest BCUT2D eigenvalue weighted by atomic mass is 35.5. The monoisotopic (exact) mass is 335 g/mol. The van der Waals surface area contributed by atoms with Gasteiger partial charge in [0, 0.05) is 29.1 Å². The zero-order valence-electron chi connectivity index (χ0n) is 11.3. The highest BCUT2D eigenvalue weighted by Gasteiger charge is 2.30. The van der Waals surface area contributed by atoms with Crippen LogP contribution in [0.3, 0.4) is 0 Å². The minimum Gasteiger partial charge on any atom is -0.392 e. The van der Waals surface area contributed by atoms with Crippen LogP contribution in [-0.4, -0.2) is 41.9 Å². The first-order valence-electron chi connectivity index (χ1n) is 6.50. The molecule has 1 aliphatic heterocycles. The smallest absolute Gasteiger partial charge is 0.243 e. The minimum atomic E-state index is -3.50. The number of hydrogen-bond donors (Lipinski definition) is 1. The molecule has 0 spiro atoms. The molecule has 0 radical (unpaired) electrons. The molecule has 0 saturated carbocycles. The van der Waals surface area contributed by atoms with E-state index in [2.05, 4.69) is 6.92 Å². The Kier molecular flexibility index (Phi) is 5.36. The zero-order valence-corrected chi connectivity index (χ0v) is 13.6. The number of sulfonamides is 1. The molecule has 112 valence electrons. The fourth-order valence-corrected chi connectivity index (χ4v) is 5.24. The lowest BCUT2D eigenvalue weighted by atomic mass is 10.2. The molecule has 0 bridgehead atoms. The van der Waals surface area contributed by atoms with Crippen LogP contribution in [0.1, 0.15) is 18.9 Å². The van der Waals surface area contributed by atoms with Crippen molar-refractivity contribution in [1.82, 2.24) is 4.31 Å². The van der Waals surface area contributed by atoms with Gasteiger partial charge >= 0.3 is 0 Å². The van der Waals surface area contributed by atoms with Crippen LogP contribution in [0.4, 0.5) is 0 Å². The van der Waals surface area contributed by atoms with Crippen LogP contribution in [0.5, 0.6) is 0 Å². The van der Waals surface area contributed by atoms with Gasteiger partial charge in [-0.2, -0.15) is 16.1 Å². The summed E-state index contributed by atoms with van der Waals surface area (Å²) in [5.41, 5.74) is 0.436. The summed E-state index contributed by atoms with van der Waals surface area (Å²) in [5, 5.41) is 9.93. The molecule has 1 heterocycles. The second kappa shape index (κ2) is 6.66. The Bertz CT molecular complexity index is 577. The van der Waals surface area contributed by atoms with E-state index in [-0.39, 0.29) is 11.5 Å². The van der Waals surface area contributed by atoms with Crippen molar-refractivity contribution in [2.24, 2.45) is 0 Å². The van der Waals surface area contributed by atoms with Gasteiger partial charge in [-0.1, -0.05) is 18.5 Å². The first-order chi connectivity index (χ1) is 9.48. The second-order valence-electron chi connectivity index (χ2n) is 4.68. The third-order valence-corrected chi connectivity index (χ3v) is 6.98. The van der Waals surface area contributed by atoms with Crippen LogP contribution < -0.4 is 0 Å². The summed E-state index contributed by atoms with van der Waals surface area (Å²) in [4.78, 5) is 0.202. The fraction of sp³-hybridized carbons (Fsp3) is 0.538. The number of thioether (sulfide) groups is 1. The highest BCUT2D eigenvalue weighted by Crippen LogP contribution is 2.28. The molecule has 1 atom stereocenters. The molecule has 1 aliphatic rings. The van der Waals surface area contributed by atoms with Gasteiger partial charge in [-0.15, -0.1) is 0 Å². The summed E-state index contributed by atoms with van der Waals surface area (Å²) in [7, 11) is -3.50. The molecule has 20 heavy (non-hydrogen) atoms. The van der Waals surface area contributed by atoms with E-state index in [9.17, 15) is 13.5 Å². The lowest BCUT2D eigenvalue weighted by Gasteiger charge is -2.31. The number of aliphatic hydroxyl groups is 1. The second-order valence-corrected chi connectivity index (χ2v) is 8.43. The Morgan fingerprint density at radius 2 is 2.25 bits per heavy atom. The van der Waals surface area contributed by atoms with Gasteiger partial charge in [0.1, 0.15) is 0 Å². The quantitative estimate of drug-likeness (QED) is 0.917. The minimum absolute atomic E-state index is 0.202. The number of benzene rings is 1. The van der Waals surface area contributed by atoms with Gasteiger partial charge in [-0.3, -0.25) is 0 Å². The van der Waals surface area contributed by atoms with Crippen molar-refractivity contribution in [2.45, 2.75) is 30.1 Å². The fourth-order valence-electron chi connectivity index (χ4n) is 2.14. The van der Waals surface area contributed by atoms with Crippen LogP contribution in [0.2, 0.25) is 5.02 Å². The normalized spacial score (nSPS) is 21.1. The molecular weight excluding hydrogens is 318 g/mol. The molecule has 1 saturated heterocycles. The highest BCUT2D eigenvalue weighted by molar-refractivity contribution is 8.00. The first kappa shape index (κ1) is 16.1. The summed E-state index contributed by atoms with van der Waals surface area (Å²) < 4.78 is 26.8. The number of rotatable bonds is 4. The van der Waals surface area contributed by atoms with E-state index in [0.29, 0.717) is 28.9 Å². The average molecular weight is 336 g/mol. The van der Waals surface area contributed by atoms with Crippen molar-refractivity contribution in [3.63, 3.8) is 0 Å². The Morgan fingerprint density at radius 3 is 2.90 bits per heavy atom. The van der Waals surface area contributed by atoms with Gasteiger partial charge < -0.3 is 5.11 Å². The lowest BCUT2D eigenvalue weighted by Crippen LogP contribution is -2.41. The van der Waals surface area contributed by atoms with E-state index in [0.717, 1.165) is 12.2 Å². The van der Waals surface area contributed by atoms with Gasteiger partial charge in [0.05, 0.1) is 11.5 Å². The maximum atomic E-state index is 12.6. The Hall–Kier alpha value is -0.270. The van der Waals surface area contributed by atoms with Gasteiger partial charge in [0.25, 0.3) is 0 Å². The number of halogens is 1. The number of hydrogen-bond acceptors (Lipinski definition) is 4. The van der Waals surface area contributed by atoms with E-state index >= 15 is 0 Å². The van der Waals surface area contributed by atoms with Gasteiger partial charge in [-0.05, 0) is 30.2 Å². The van der Waals surface area contributed by atoms with Crippen molar-refractivity contribution in [2.75, 3.05) is 18.8 Å². The van der Waals surface area contributed by atoms with E-state index < -0.39 is 10.0 Å². The Morgan fingerprint density at radius 1 is 1.50 bits per heavy atom. The van der Waals surface area contributed by atoms with Crippen LogP contribution in [0, 0.1) is 0 Å². The van der Waals surface area contributed by atoms with Crippen LogP contribution in [-0.2, 0) is 16.6 Å². The lowest BCUT2D eigenvalue weighted by molar-refractivity contribution is 0.281. The molecule has 1 aromatic rings. The van der Waals surface area contributed by atoms with Crippen molar-refractivity contribution in [3.05, 3.63) is 28.8 Å². The predicted octanol–water partition coefficient (Wildman–Crippen LogP) is 2.35. The van der Waals surface area contributed by atoms with Crippen LogP contribution in [0.25, 0.3) is 0 Å². The van der Waals surface area contributed by atoms with Crippen LogP contribution in [0.15, 0.2) is 23.1 Å². The molecular formula is C13H18ClNO3S2. The van der Waals surface area contributed by atoms with Crippen molar-refractivity contribution in [3.8, 4) is 0 Å². The van der Waals surface area contributed by atoms with E-state index in [1.807, 2.05) is 11.8 Å². The Balaban J connectivity index is 2.30. The zero-order chi connectivity index (χ0) is 14.8. The molecule has 1 fully saturated rings. The van der Waals surface area contributed by atoms with Crippen molar-refractivity contribution in [1.29, 1.82) is 0 Å². The summed E-state index contributed by atoms with van der Waals surface area (Å²) in [6.45, 7) is 2.87. The summed E-state index contributed by atoms with van der Waals surface area (Å²) >= 11 is 7.73. The third kappa shape index (κ3) is 3.31. The van der Waals surface area contributed by atoms with Crippen molar-refractivity contribution < 1.29 is 13.5 Å². The molecule has 0 amide bonds. The third-order valence-electron chi connectivity index (χ3n) is 3.38.